The normalized spacial score (nSPS) is 9.79. The number of aliphatic carboxylic acids is 1. The van der Waals surface area contributed by atoms with Crippen LogP contribution in [0.15, 0.2) is 0 Å². The standard InChI is InChI=1S/C8H16N2O4/c9-5-3-1-2-4-7(11)10-14-6-8(12)13/h1-6,9H2,(H,10,11)(H,12,13). The smallest absolute Gasteiger partial charge is 0.332 e. The van der Waals surface area contributed by atoms with Crippen LogP contribution in [0.4, 0.5) is 0 Å². The van der Waals surface area contributed by atoms with Crippen molar-refractivity contribution in [3.8, 4) is 0 Å². The fourth-order valence-corrected chi connectivity index (χ4v) is 0.836. The van der Waals surface area contributed by atoms with Crippen molar-refractivity contribution < 1.29 is 19.5 Å². The van der Waals surface area contributed by atoms with Gasteiger partial charge in [-0.25, -0.2) is 10.3 Å². The van der Waals surface area contributed by atoms with Crippen LogP contribution in [0.1, 0.15) is 25.7 Å². The predicted octanol–water partition coefficient (Wildman–Crippen LogP) is -0.362. The predicted molar refractivity (Wildman–Crippen MR) is 49.3 cm³/mol. The maximum absolute atomic E-state index is 10.9. The van der Waals surface area contributed by atoms with Crippen molar-refractivity contribution in [2.24, 2.45) is 5.73 Å². The van der Waals surface area contributed by atoms with Crippen LogP contribution in [0, 0.1) is 0 Å². The molecule has 0 aromatic heterocycles. The van der Waals surface area contributed by atoms with Crippen LogP contribution in [0.3, 0.4) is 0 Å². The number of hydroxylamine groups is 1. The quantitative estimate of drug-likeness (QED) is 0.370. The molecule has 0 bridgehead atoms. The SMILES string of the molecule is NCCCCCC(=O)NOCC(=O)O. The minimum absolute atomic E-state index is 0.303. The van der Waals surface area contributed by atoms with E-state index in [1.807, 2.05) is 5.48 Å². The Morgan fingerprint density at radius 1 is 1.29 bits per heavy atom. The molecule has 4 N–H and O–H groups in total. The summed E-state index contributed by atoms with van der Waals surface area (Å²) in [5.41, 5.74) is 7.31. The molecule has 0 aliphatic heterocycles. The van der Waals surface area contributed by atoms with Gasteiger partial charge in [0, 0.05) is 6.42 Å². The summed E-state index contributed by atoms with van der Waals surface area (Å²) in [4.78, 5) is 25.3. The molecule has 0 aromatic rings. The highest BCUT2D eigenvalue weighted by molar-refractivity contribution is 5.75. The van der Waals surface area contributed by atoms with Gasteiger partial charge in [-0.15, -0.1) is 0 Å². The van der Waals surface area contributed by atoms with Crippen molar-refractivity contribution in [3.05, 3.63) is 0 Å². The first-order valence-corrected chi connectivity index (χ1v) is 4.49. The van der Waals surface area contributed by atoms with Gasteiger partial charge in [0.2, 0.25) is 5.91 Å². The van der Waals surface area contributed by atoms with Crippen molar-refractivity contribution in [1.82, 2.24) is 5.48 Å². The molecule has 1 amide bonds. The van der Waals surface area contributed by atoms with E-state index < -0.39 is 12.6 Å². The Morgan fingerprint density at radius 3 is 2.57 bits per heavy atom. The third-order valence-electron chi connectivity index (χ3n) is 1.49. The Hall–Kier alpha value is -1.14. The van der Waals surface area contributed by atoms with Crippen LogP contribution in [0.25, 0.3) is 0 Å². The maximum atomic E-state index is 10.9. The van der Waals surface area contributed by atoms with Crippen molar-refractivity contribution >= 4 is 11.9 Å². The molecule has 0 saturated heterocycles. The monoisotopic (exact) mass is 204 g/mol. The number of carbonyl (C=O) groups excluding carboxylic acids is 1. The molecular formula is C8H16N2O4. The minimum atomic E-state index is -1.12. The first kappa shape index (κ1) is 12.9. The molecule has 0 aromatic carbocycles. The van der Waals surface area contributed by atoms with E-state index >= 15 is 0 Å². The van der Waals surface area contributed by atoms with Gasteiger partial charge in [0.05, 0.1) is 0 Å². The zero-order valence-electron chi connectivity index (χ0n) is 7.99. The largest absolute Gasteiger partial charge is 0.479 e. The van der Waals surface area contributed by atoms with E-state index in [2.05, 4.69) is 4.84 Å². The molecule has 0 unspecified atom stereocenters. The summed E-state index contributed by atoms with van der Waals surface area (Å²) >= 11 is 0. The lowest BCUT2D eigenvalue weighted by molar-refractivity contribution is -0.149. The number of amides is 1. The molecule has 0 atom stereocenters. The minimum Gasteiger partial charge on any atom is -0.479 e. The van der Waals surface area contributed by atoms with E-state index in [-0.39, 0.29) is 5.91 Å². The number of carboxylic acid groups (broad SMARTS) is 1. The van der Waals surface area contributed by atoms with Crippen molar-refractivity contribution in [1.29, 1.82) is 0 Å². The van der Waals surface area contributed by atoms with Crippen LogP contribution in [0.2, 0.25) is 0 Å². The average Bonchev–Trinajstić information content (AvgIpc) is 2.12. The number of nitrogens with one attached hydrogen (secondary N) is 1. The first-order chi connectivity index (χ1) is 6.66. The summed E-state index contributed by atoms with van der Waals surface area (Å²) in [5.74, 6) is -1.42. The van der Waals surface area contributed by atoms with E-state index in [0.29, 0.717) is 13.0 Å². The Kier molecular flexibility index (Phi) is 7.77. The zero-order valence-corrected chi connectivity index (χ0v) is 7.99. The topological polar surface area (TPSA) is 102 Å². The fourth-order valence-electron chi connectivity index (χ4n) is 0.836. The Labute approximate surface area is 82.4 Å². The Balaban J connectivity index is 3.24. The number of rotatable bonds is 8. The summed E-state index contributed by atoms with van der Waals surface area (Å²) in [6, 6.07) is 0. The molecule has 82 valence electrons. The summed E-state index contributed by atoms with van der Waals surface area (Å²) in [5, 5.41) is 8.18. The lowest BCUT2D eigenvalue weighted by Crippen LogP contribution is -2.26. The summed E-state index contributed by atoms with van der Waals surface area (Å²) in [6.07, 6.45) is 2.85. The molecule has 0 saturated carbocycles. The zero-order chi connectivity index (χ0) is 10.8. The van der Waals surface area contributed by atoms with Gasteiger partial charge in [0.15, 0.2) is 6.61 Å². The van der Waals surface area contributed by atoms with E-state index in [0.717, 1.165) is 19.3 Å². The van der Waals surface area contributed by atoms with Crippen molar-refractivity contribution in [2.75, 3.05) is 13.2 Å². The molecular weight excluding hydrogens is 188 g/mol. The number of hydrogen-bond donors (Lipinski definition) is 3. The number of hydrogen-bond acceptors (Lipinski definition) is 4. The van der Waals surface area contributed by atoms with E-state index in [9.17, 15) is 9.59 Å². The van der Waals surface area contributed by atoms with Crippen LogP contribution < -0.4 is 11.2 Å². The molecule has 0 rings (SSSR count). The van der Waals surface area contributed by atoms with E-state index in [1.54, 1.807) is 0 Å². The van der Waals surface area contributed by atoms with Gasteiger partial charge in [-0.3, -0.25) is 9.63 Å². The second kappa shape index (κ2) is 8.46. The molecule has 14 heavy (non-hydrogen) atoms. The molecule has 0 heterocycles. The van der Waals surface area contributed by atoms with Gasteiger partial charge in [-0.2, -0.15) is 0 Å². The molecule has 0 fully saturated rings. The van der Waals surface area contributed by atoms with Crippen LogP contribution in [-0.2, 0) is 14.4 Å². The summed E-state index contributed by atoms with van der Waals surface area (Å²) in [7, 11) is 0. The first-order valence-electron chi connectivity index (χ1n) is 4.49. The molecule has 0 aliphatic carbocycles. The van der Waals surface area contributed by atoms with Gasteiger partial charge in [-0.1, -0.05) is 6.42 Å². The molecule has 6 nitrogen and oxygen atoms in total. The van der Waals surface area contributed by atoms with Gasteiger partial charge < -0.3 is 10.8 Å². The Morgan fingerprint density at radius 2 is 2.00 bits per heavy atom. The summed E-state index contributed by atoms with van der Waals surface area (Å²) in [6.45, 7) is 0.103. The lowest BCUT2D eigenvalue weighted by Gasteiger charge is -2.02. The molecule has 0 aliphatic rings. The van der Waals surface area contributed by atoms with Gasteiger partial charge in [-0.05, 0) is 19.4 Å². The third kappa shape index (κ3) is 8.95. The number of carbonyl (C=O) groups is 2. The van der Waals surface area contributed by atoms with Gasteiger partial charge >= 0.3 is 5.97 Å². The maximum Gasteiger partial charge on any atom is 0.332 e. The van der Waals surface area contributed by atoms with Crippen molar-refractivity contribution in [2.45, 2.75) is 25.7 Å². The lowest BCUT2D eigenvalue weighted by atomic mass is 10.2. The highest BCUT2D eigenvalue weighted by Gasteiger charge is 2.02. The van der Waals surface area contributed by atoms with Gasteiger partial charge in [0.25, 0.3) is 0 Å². The fraction of sp³-hybridized carbons (Fsp3) is 0.750. The van der Waals surface area contributed by atoms with E-state index in [4.69, 9.17) is 10.8 Å². The molecule has 6 heteroatoms. The second-order valence-electron chi connectivity index (χ2n) is 2.81. The van der Waals surface area contributed by atoms with Crippen LogP contribution in [-0.4, -0.2) is 30.1 Å². The average molecular weight is 204 g/mol. The molecule has 0 spiro atoms. The van der Waals surface area contributed by atoms with Crippen molar-refractivity contribution in [3.63, 3.8) is 0 Å². The second-order valence-corrected chi connectivity index (χ2v) is 2.81. The summed E-state index contributed by atoms with van der Waals surface area (Å²) < 4.78 is 0. The van der Waals surface area contributed by atoms with Gasteiger partial charge in [0.1, 0.15) is 0 Å². The molecule has 0 radical (unpaired) electrons. The van der Waals surface area contributed by atoms with Crippen LogP contribution >= 0.6 is 0 Å². The Bertz CT molecular complexity index is 184. The number of unbranched alkanes of at least 4 members (excludes halogenated alkanes) is 2. The highest BCUT2D eigenvalue weighted by atomic mass is 16.7. The third-order valence-corrected chi connectivity index (χ3v) is 1.49. The number of nitrogens with two attached hydrogens (primary N) is 1. The number of carboxylic acids is 1. The van der Waals surface area contributed by atoms with Crippen LogP contribution in [0.5, 0.6) is 0 Å². The van der Waals surface area contributed by atoms with E-state index in [1.165, 1.54) is 0 Å². The highest BCUT2D eigenvalue weighted by Crippen LogP contribution is 1.97.